The van der Waals surface area contributed by atoms with Crippen LogP contribution in [0.5, 0.6) is 0 Å². The number of carbonyl (C=O) groups excluding carboxylic acids is 3. The predicted molar refractivity (Wildman–Crippen MR) is 112 cm³/mol. The molecule has 0 aromatic rings. The molecular weight excluding hydrogens is 416 g/mol. The third kappa shape index (κ3) is 2.98. The Morgan fingerprint density at radius 2 is 1.72 bits per heavy atom. The monoisotopic (exact) mass is 452 g/mol. The predicted octanol–water partition coefficient (Wildman–Crippen LogP) is 1.99. The lowest BCUT2D eigenvalue weighted by molar-refractivity contribution is -0.263. The zero-order valence-electron chi connectivity index (χ0n) is 19.8. The molecule has 8 heteroatoms. The molecule has 32 heavy (non-hydrogen) atoms. The summed E-state index contributed by atoms with van der Waals surface area (Å²) in [7, 11) is 0. The summed E-state index contributed by atoms with van der Waals surface area (Å²) in [5, 5.41) is 22.5. The normalized spacial score (nSPS) is 51.8. The van der Waals surface area contributed by atoms with Gasteiger partial charge in [-0.3, -0.25) is 14.4 Å². The number of carbonyl (C=O) groups is 3. The summed E-state index contributed by atoms with van der Waals surface area (Å²) in [5.74, 6) is -2.10. The van der Waals surface area contributed by atoms with E-state index in [9.17, 15) is 24.6 Å². The number of esters is 3. The molecular formula is C24H36O8. The Bertz CT molecular complexity index is 827. The Kier molecular flexibility index (Phi) is 5.45. The van der Waals surface area contributed by atoms with Crippen LogP contribution < -0.4 is 0 Å². The summed E-state index contributed by atoms with van der Waals surface area (Å²) >= 11 is 0. The van der Waals surface area contributed by atoms with E-state index >= 15 is 0 Å². The number of hydrogen-bond donors (Lipinski definition) is 2. The topological polar surface area (TPSA) is 119 Å². The molecule has 1 heterocycles. The maximum atomic E-state index is 13.0. The van der Waals surface area contributed by atoms with Crippen LogP contribution in [0.4, 0.5) is 0 Å². The van der Waals surface area contributed by atoms with Gasteiger partial charge in [-0.2, -0.15) is 0 Å². The quantitative estimate of drug-likeness (QED) is 0.493. The van der Waals surface area contributed by atoms with Crippen molar-refractivity contribution in [3.8, 4) is 0 Å². The van der Waals surface area contributed by atoms with E-state index in [-0.39, 0.29) is 29.3 Å². The van der Waals surface area contributed by atoms with Crippen molar-refractivity contribution in [2.45, 2.75) is 97.7 Å². The van der Waals surface area contributed by atoms with E-state index < -0.39 is 53.1 Å². The molecule has 0 aromatic heterocycles. The number of aliphatic hydroxyl groups excluding tert-OH is 2. The van der Waals surface area contributed by atoms with Gasteiger partial charge in [0.2, 0.25) is 0 Å². The fourth-order valence-corrected chi connectivity index (χ4v) is 7.92. The van der Waals surface area contributed by atoms with Crippen LogP contribution in [0.15, 0.2) is 0 Å². The molecule has 3 aliphatic carbocycles. The third-order valence-corrected chi connectivity index (χ3v) is 9.52. The molecule has 3 saturated carbocycles. The second-order valence-electron chi connectivity index (χ2n) is 11.2. The van der Waals surface area contributed by atoms with E-state index in [1.165, 1.54) is 13.8 Å². The molecule has 4 fully saturated rings. The lowest BCUT2D eigenvalue weighted by atomic mass is 9.40. The van der Waals surface area contributed by atoms with Crippen molar-refractivity contribution >= 4 is 17.9 Å². The summed E-state index contributed by atoms with van der Waals surface area (Å²) < 4.78 is 17.1. The van der Waals surface area contributed by atoms with Gasteiger partial charge in [0, 0.05) is 30.6 Å². The standard InChI is InChI=1S/C24H36O8/c1-7-22(4)10-13-8-15(27)18-23(5,14(13)9-16(22)30-11(2)25)20(31-12(3)26)17-19(28)24(18,6)21(29)32-17/h13-20,27-28H,7-10H2,1-6H3/t13?,14-,15+,16+,17+,18+,19-,20-,22-,23+,24+/m1/s1. The van der Waals surface area contributed by atoms with E-state index in [0.29, 0.717) is 12.8 Å². The number of ether oxygens (including phenoxy) is 3. The molecule has 8 nitrogen and oxygen atoms in total. The lowest BCUT2D eigenvalue weighted by Crippen LogP contribution is -2.71. The number of fused-ring (bicyclic) bond motifs is 6. The first-order chi connectivity index (χ1) is 14.8. The average Bonchev–Trinajstić information content (AvgIpc) is 2.86. The fourth-order valence-electron chi connectivity index (χ4n) is 7.92. The van der Waals surface area contributed by atoms with Gasteiger partial charge >= 0.3 is 17.9 Å². The number of hydrogen-bond acceptors (Lipinski definition) is 8. The van der Waals surface area contributed by atoms with Crippen LogP contribution >= 0.6 is 0 Å². The molecule has 1 aliphatic heterocycles. The molecule has 0 spiro atoms. The van der Waals surface area contributed by atoms with Crippen molar-refractivity contribution in [1.82, 2.24) is 0 Å². The molecule has 0 radical (unpaired) electrons. The van der Waals surface area contributed by atoms with Gasteiger partial charge in [0.25, 0.3) is 0 Å². The van der Waals surface area contributed by atoms with Crippen LogP contribution in [-0.4, -0.2) is 58.6 Å². The minimum atomic E-state index is -1.30. The number of aliphatic hydroxyl groups is 2. The highest BCUT2D eigenvalue weighted by molar-refractivity contribution is 5.81. The van der Waals surface area contributed by atoms with E-state index in [2.05, 4.69) is 13.8 Å². The van der Waals surface area contributed by atoms with Gasteiger partial charge in [0.1, 0.15) is 23.7 Å². The lowest BCUT2D eigenvalue weighted by Gasteiger charge is -2.64. The molecule has 2 bridgehead atoms. The van der Waals surface area contributed by atoms with Crippen molar-refractivity contribution < 1.29 is 38.8 Å². The smallest absolute Gasteiger partial charge is 0.315 e. The van der Waals surface area contributed by atoms with Crippen LogP contribution in [0.2, 0.25) is 0 Å². The summed E-state index contributed by atoms with van der Waals surface area (Å²) in [6, 6.07) is 0. The van der Waals surface area contributed by atoms with Crippen LogP contribution in [0.1, 0.15) is 67.2 Å². The van der Waals surface area contributed by atoms with Crippen LogP contribution in [0.3, 0.4) is 0 Å². The Labute approximate surface area is 189 Å². The van der Waals surface area contributed by atoms with Crippen molar-refractivity contribution in [1.29, 1.82) is 0 Å². The molecule has 180 valence electrons. The second-order valence-corrected chi connectivity index (χ2v) is 11.2. The zero-order valence-corrected chi connectivity index (χ0v) is 19.8. The number of rotatable bonds is 3. The van der Waals surface area contributed by atoms with Crippen molar-refractivity contribution in [3.05, 3.63) is 0 Å². The van der Waals surface area contributed by atoms with E-state index in [1.54, 1.807) is 6.92 Å². The van der Waals surface area contributed by atoms with Gasteiger partial charge in [-0.25, -0.2) is 0 Å². The first-order valence-corrected chi connectivity index (χ1v) is 11.7. The van der Waals surface area contributed by atoms with Crippen molar-refractivity contribution in [2.24, 2.45) is 34.0 Å². The Hall–Kier alpha value is -1.67. The Morgan fingerprint density at radius 1 is 1.09 bits per heavy atom. The first-order valence-electron chi connectivity index (χ1n) is 11.7. The molecule has 2 N–H and O–H groups in total. The Balaban J connectivity index is 1.84. The summed E-state index contributed by atoms with van der Waals surface area (Å²) in [4.78, 5) is 37.0. The highest BCUT2D eigenvalue weighted by Gasteiger charge is 2.77. The molecule has 4 aliphatic rings. The van der Waals surface area contributed by atoms with Gasteiger partial charge in [-0.1, -0.05) is 20.8 Å². The maximum absolute atomic E-state index is 13.0. The SMILES string of the molecule is CC[C@]1(C)CC2C[C@H](O)[C@@H]3[C@]4(C)C(=O)O[C@@H]([C@H]4O)[C@@H](OC(C)=O)[C@@]3(C)[C@@H]2C[C@@H]1OC(C)=O. The van der Waals surface area contributed by atoms with Gasteiger partial charge in [-0.05, 0) is 44.4 Å². The summed E-state index contributed by atoms with van der Waals surface area (Å²) in [5.41, 5.74) is -2.38. The van der Waals surface area contributed by atoms with Crippen LogP contribution in [0.25, 0.3) is 0 Å². The highest BCUT2D eigenvalue weighted by atomic mass is 16.6. The second kappa shape index (κ2) is 7.42. The fraction of sp³-hybridized carbons (Fsp3) is 0.875. The van der Waals surface area contributed by atoms with Gasteiger partial charge in [0.15, 0.2) is 6.10 Å². The minimum absolute atomic E-state index is 0.0898. The average molecular weight is 453 g/mol. The Morgan fingerprint density at radius 3 is 2.28 bits per heavy atom. The zero-order chi connectivity index (χ0) is 23.8. The van der Waals surface area contributed by atoms with Gasteiger partial charge in [0.05, 0.1) is 6.10 Å². The minimum Gasteiger partial charge on any atom is -0.462 e. The molecule has 4 rings (SSSR count). The molecule has 0 amide bonds. The van der Waals surface area contributed by atoms with Gasteiger partial charge in [-0.15, -0.1) is 0 Å². The largest absolute Gasteiger partial charge is 0.462 e. The third-order valence-electron chi connectivity index (χ3n) is 9.52. The maximum Gasteiger partial charge on any atom is 0.315 e. The highest BCUT2D eigenvalue weighted by Crippen LogP contribution is 2.68. The molecule has 1 saturated heterocycles. The van der Waals surface area contributed by atoms with E-state index in [0.717, 1.165) is 12.8 Å². The van der Waals surface area contributed by atoms with Crippen molar-refractivity contribution in [2.75, 3.05) is 0 Å². The molecule has 1 unspecified atom stereocenters. The van der Waals surface area contributed by atoms with E-state index in [4.69, 9.17) is 14.2 Å². The molecule has 11 atom stereocenters. The van der Waals surface area contributed by atoms with Crippen molar-refractivity contribution in [3.63, 3.8) is 0 Å². The first kappa shape index (κ1) is 23.5. The summed E-state index contributed by atoms with van der Waals surface area (Å²) in [6.45, 7) is 10.5. The van der Waals surface area contributed by atoms with Crippen LogP contribution in [-0.2, 0) is 28.6 Å². The van der Waals surface area contributed by atoms with E-state index in [1.807, 2.05) is 6.92 Å². The molecule has 0 aromatic carbocycles. The van der Waals surface area contributed by atoms with Crippen LogP contribution in [0, 0.1) is 34.0 Å². The van der Waals surface area contributed by atoms with Gasteiger partial charge < -0.3 is 24.4 Å². The summed E-state index contributed by atoms with van der Waals surface area (Å²) in [6.07, 6.45) is -1.68.